The molecule has 1 aromatic heterocycles. The van der Waals surface area contributed by atoms with E-state index in [2.05, 4.69) is 0 Å². The van der Waals surface area contributed by atoms with Crippen LogP contribution in [0.1, 0.15) is 23.7 Å². The number of carbonyl (C=O) groups is 1. The monoisotopic (exact) mass is 286 g/mol. The number of aromatic hydroxyl groups is 1. The number of hydrogen-bond donors (Lipinski definition) is 1. The van der Waals surface area contributed by atoms with Gasteiger partial charge in [-0.05, 0) is 19.1 Å². The summed E-state index contributed by atoms with van der Waals surface area (Å²) in [4.78, 5) is 24.3. The van der Waals surface area contributed by atoms with Crippen molar-refractivity contribution in [3.05, 3.63) is 40.2 Å². The Kier molecular flexibility index (Phi) is 4.24. The molecule has 0 spiro atoms. The number of para-hydroxylation sites is 1. The van der Waals surface area contributed by atoms with Gasteiger partial charge < -0.3 is 14.4 Å². The summed E-state index contributed by atoms with van der Waals surface area (Å²) in [5.41, 5.74) is -0.573. The van der Waals surface area contributed by atoms with Gasteiger partial charge in [-0.15, -0.1) is 0 Å². The number of aromatic nitrogens is 1. The molecule has 1 aromatic carbocycles. The summed E-state index contributed by atoms with van der Waals surface area (Å²) in [5, 5.41) is 19.3. The molecule has 2 rings (SSSR count). The smallest absolute Gasteiger partial charge is 0.347 e. The first-order valence-corrected chi connectivity index (χ1v) is 6.50. The van der Waals surface area contributed by atoms with Crippen LogP contribution >= 0.6 is 0 Å². The Morgan fingerprint density at radius 1 is 1.43 bits per heavy atom. The normalized spacial score (nSPS) is 10.3. The van der Waals surface area contributed by atoms with Gasteiger partial charge in [0.15, 0.2) is 5.56 Å². The van der Waals surface area contributed by atoms with E-state index in [4.69, 9.17) is 10.00 Å². The highest BCUT2D eigenvalue weighted by molar-refractivity contribution is 5.99. The summed E-state index contributed by atoms with van der Waals surface area (Å²) >= 11 is 0. The molecule has 0 atom stereocenters. The van der Waals surface area contributed by atoms with Crippen LogP contribution in [0.5, 0.6) is 5.75 Å². The highest BCUT2D eigenvalue weighted by Crippen LogP contribution is 2.26. The van der Waals surface area contributed by atoms with E-state index in [0.29, 0.717) is 10.9 Å². The van der Waals surface area contributed by atoms with Crippen molar-refractivity contribution in [2.45, 2.75) is 19.9 Å². The van der Waals surface area contributed by atoms with E-state index >= 15 is 0 Å². The van der Waals surface area contributed by atoms with Crippen molar-refractivity contribution >= 4 is 16.9 Å². The molecule has 1 heterocycles. The van der Waals surface area contributed by atoms with Crippen molar-refractivity contribution in [2.75, 3.05) is 6.61 Å². The molecule has 0 unspecified atom stereocenters. The molecule has 6 nitrogen and oxygen atoms in total. The third-order valence-corrected chi connectivity index (χ3v) is 3.07. The number of pyridine rings is 1. The first-order chi connectivity index (χ1) is 10.1. The summed E-state index contributed by atoms with van der Waals surface area (Å²) in [7, 11) is 0. The van der Waals surface area contributed by atoms with Gasteiger partial charge in [-0.1, -0.05) is 12.1 Å². The third-order valence-electron chi connectivity index (χ3n) is 3.07. The number of fused-ring (bicyclic) bond motifs is 1. The Bertz CT molecular complexity index is 787. The Hall–Kier alpha value is -2.81. The fraction of sp³-hybridized carbons (Fsp3) is 0.267. The van der Waals surface area contributed by atoms with Gasteiger partial charge in [0, 0.05) is 11.9 Å². The first kappa shape index (κ1) is 14.6. The molecule has 0 saturated heterocycles. The molecule has 0 fully saturated rings. The second-order valence-corrected chi connectivity index (χ2v) is 4.33. The summed E-state index contributed by atoms with van der Waals surface area (Å²) in [6, 6.07) is 8.63. The maximum absolute atomic E-state index is 12.4. The van der Waals surface area contributed by atoms with Gasteiger partial charge in [-0.25, -0.2) is 4.79 Å². The molecule has 1 N–H and O–H groups in total. The fourth-order valence-corrected chi connectivity index (χ4v) is 2.16. The first-order valence-electron chi connectivity index (χ1n) is 6.50. The van der Waals surface area contributed by atoms with Crippen LogP contribution in [0.15, 0.2) is 29.1 Å². The minimum absolute atomic E-state index is 0.0999. The standard InChI is InChI=1S/C15H14N2O4/c1-2-21-15(20)12-13(18)10-6-3-4-7-11(10)17(14(12)19)9-5-8-16/h3-4,6-7,18H,2,5,9H2,1H3. The SMILES string of the molecule is CCOC(=O)c1c(O)c2ccccc2n(CCC#N)c1=O. The molecule has 108 valence electrons. The quantitative estimate of drug-likeness (QED) is 0.865. The van der Waals surface area contributed by atoms with Gasteiger partial charge in [0.1, 0.15) is 5.75 Å². The maximum atomic E-state index is 12.4. The van der Waals surface area contributed by atoms with E-state index in [1.165, 1.54) is 4.57 Å². The number of ether oxygens (including phenoxy) is 1. The zero-order chi connectivity index (χ0) is 15.4. The van der Waals surface area contributed by atoms with Gasteiger partial charge in [0.2, 0.25) is 0 Å². The zero-order valence-electron chi connectivity index (χ0n) is 11.5. The molecule has 6 heteroatoms. The topological polar surface area (TPSA) is 92.3 Å². The number of aryl methyl sites for hydroxylation is 1. The lowest BCUT2D eigenvalue weighted by Gasteiger charge is -2.13. The number of nitrogens with zero attached hydrogens (tertiary/aromatic N) is 2. The van der Waals surface area contributed by atoms with Crippen molar-refractivity contribution in [1.29, 1.82) is 5.26 Å². The lowest BCUT2D eigenvalue weighted by Crippen LogP contribution is -2.28. The summed E-state index contributed by atoms with van der Waals surface area (Å²) in [5.74, 6) is -1.25. The Labute approximate surface area is 120 Å². The van der Waals surface area contributed by atoms with Gasteiger partial charge in [-0.2, -0.15) is 5.26 Å². The number of carbonyl (C=O) groups excluding carboxylic acids is 1. The molecule has 0 aliphatic carbocycles. The number of benzene rings is 1. The van der Waals surface area contributed by atoms with Crippen LogP contribution in [0, 0.1) is 11.3 Å². The van der Waals surface area contributed by atoms with Gasteiger partial charge in [-0.3, -0.25) is 4.79 Å². The third kappa shape index (κ3) is 2.58. The van der Waals surface area contributed by atoms with E-state index in [1.54, 1.807) is 31.2 Å². The van der Waals surface area contributed by atoms with E-state index in [9.17, 15) is 14.7 Å². The van der Waals surface area contributed by atoms with Crippen LogP contribution in [0.4, 0.5) is 0 Å². The molecular weight excluding hydrogens is 272 g/mol. The van der Waals surface area contributed by atoms with Crippen LogP contribution in [0.25, 0.3) is 10.9 Å². The second-order valence-electron chi connectivity index (χ2n) is 4.33. The number of nitriles is 1. The Balaban J connectivity index is 2.78. The molecule has 21 heavy (non-hydrogen) atoms. The predicted octanol–water partition coefficient (Wildman–Crippen LogP) is 1.80. The van der Waals surface area contributed by atoms with E-state index < -0.39 is 17.1 Å². The predicted molar refractivity (Wildman–Crippen MR) is 76.1 cm³/mol. The van der Waals surface area contributed by atoms with E-state index in [0.717, 1.165) is 0 Å². The van der Waals surface area contributed by atoms with Gasteiger partial charge in [0.05, 0.1) is 24.6 Å². The molecule has 0 aliphatic rings. The van der Waals surface area contributed by atoms with Crippen molar-refractivity contribution in [2.24, 2.45) is 0 Å². The number of rotatable bonds is 4. The van der Waals surface area contributed by atoms with Crippen molar-refractivity contribution < 1.29 is 14.6 Å². The maximum Gasteiger partial charge on any atom is 0.347 e. The van der Waals surface area contributed by atoms with Crippen LogP contribution in [-0.4, -0.2) is 22.2 Å². The minimum Gasteiger partial charge on any atom is -0.506 e. The van der Waals surface area contributed by atoms with Crippen molar-refractivity contribution in [1.82, 2.24) is 4.57 Å². The largest absolute Gasteiger partial charge is 0.506 e. The summed E-state index contributed by atoms with van der Waals surface area (Å²) in [6.07, 6.45) is 0.122. The van der Waals surface area contributed by atoms with E-state index in [-0.39, 0.29) is 25.3 Å². The van der Waals surface area contributed by atoms with Crippen molar-refractivity contribution in [3.63, 3.8) is 0 Å². The van der Waals surface area contributed by atoms with Crippen LogP contribution in [0.2, 0.25) is 0 Å². The lowest BCUT2D eigenvalue weighted by atomic mass is 10.1. The van der Waals surface area contributed by atoms with E-state index in [1.807, 2.05) is 6.07 Å². The molecule has 0 bridgehead atoms. The number of hydrogen-bond acceptors (Lipinski definition) is 5. The molecule has 0 aliphatic heterocycles. The minimum atomic E-state index is -0.864. The van der Waals surface area contributed by atoms with Crippen LogP contribution < -0.4 is 5.56 Å². The highest BCUT2D eigenvalue weighted by Gasteiger charge is 2.22. The summed E-state index contributed by atoms with van der Waals surface area (Å²) < 4.78 is 6.13. The molecule has 0 radical (unpaired) electrons. The fourth-order valence-electron chi connectivity index (χ4n) is 2.16. The molecule has 0 amide bonds. The molecule has 0 saturated carbocycles. The lowest BCUT2D eigenvalue weighted by molar-refractivity contribution is 0.0520. The highest BCUT2D eigenvalue weighted by atomic mass is 16.5. The molecule has 2 aromatic rings. The number of esters is 1. The average Bonchev–Trinajstić information content (AvgIpc) is 2.47. The van der Waals surface area contributed by atoms with Gasteiger partial charge in [0.25, 0.3) is 5.56 Å². The van der Waals surface area contributed by atoms with Gasteiger partial charge >= 0.3 is 5.97 Å². The zero-order valence-corrected chi connectivity index (χ0v) is 11.5. The van der Waals surface area contributed by atoms with Crippen molar-refractivity contribution in [3.8, 4) is 11.8 Å². The Morgan fingerprint density at radius 3 is 2.81 bits per heavy atom. The Morgan fingerprint density at radius 2 is 2.14 bits per heavy atom. The van der Waals surface area contributed by atoms with Crippen LogP contribution in [-0.2, 0) is 11.3 Å². The summed E-state index contributed by atoms with van der Waals surface area (Å²) in [6.45, 7) is 1.86. The van der Waals surface area contributed by atoms with Crippen LogP contribution in [0.3, 0.4) is 0 Å². The molecular formula is C15H14N2O4. The second kappa shape index (κ2) is 6.09. The average molecular weight is 286 g/mol.